The minimum atomic E-state index is -5.02. The summed E-state index contributed by atoms with van der Waals surface area (Å²) in [6.45, 7) is 3.90. The van der Waals surface area contributed by atoms with Crippen LogP contribution in [0.25, 0.3) is 5.69 Å². The van der Waals surface area contributed by atoms with E-state index in [0.29, 0.717) is 12.1 Å². The zero-order valence-electron chi connectivity index (χ0n) is 15.9. The molecular weight excluding hydrogens is 400 g/mol. The molecule has 1 aromatic heterocycles. The second-order valence-electron chi connectivity index (χ2n) is 6.61. The molecule has 0 saturated heterocycles. The van der Waals surface area contributed by atoms with Gasteiger partial charge < -0.3 is 5.32 Å². The van der Waals surface area contributed by atoms with Crippen molar-refractivity contribution >= 4 is 11.6 Å². The van der Waals surface area contributed by atoms with Crippen molar-refractivity contribution < 1.29 is 31.1 Å². The number of alkyl halides is 6. The van der Waals surface area contributed by atoms with Crippen LogP contribution in [0.2, 0.25) is 0 Å². The first-order valence-electron chi connectivity index (χ1n) is 9.13. The van der Waals surface area contributed by atoms with E-state index in [9.17, 15) is 31.1 Å². The fraction of sp³-hybridized carbons (Fsp3) is 0.474. The third-order valence-corrected chi connectivity index (χ3v) is 4.44. The first-order valence-corrected chi connectivity index (χ1v) is 9.13. The molecule has 0 bridgehead atoms. The molecule has 29 heavy (non-hydrogen) atoms. The van der Waals surface area contributed by atoms with Crippen molar-refractivity contribution in [1.29, 1.82) is 0 Å². The van der Waals surface area contributed by atoms with Crippen molar-refractivity contribution in [2.75, 3.05) is 5.32 Å². The Morgan fingerprint density at radius 3 is 2.17 bits per heavy atom. The predicted molar refractivity (Wildman–Crippen MR) is 95.5 cm³/mol. The number of unbranched alkanes of at least 4 members (excludes halogenated alkanes) is 1. The molecule has 160 valence electrons. The lowest BCUT2D eigenvalue weighted by Gasteiger charge is -2.15. The van der Waals surface area contributed by atoms with Crippen molar-refractivity contribution in [2.24, 2.45) is 5.92 Å². The molecule has 1 N–H and O–H groups in total. The number of carbonyl (C=O) groups is 1. The van der Waals surface area contributed by atoms with E-state index >= 15 is 0 Å². The molecule has 10 heteroatoms. The molecule has 0 aliphatic carbocycles. The van der Waals surface area contributed by atoms with Gasteiger partial charge in [0.15, 0.2) is 5.69 Å². The van der Waals surface area contributed by atoms with E-state index in [2.05, 4.69) is 10.4 Å². The topological polar surface area (TPSA) is 46.9 Å². The Kier molecular flexibility index (Phi) is 6.97. The molecular formula is C19H21F6N3O. The summed E-state index contributed by atoms with van der Waals surface area (Å²) in [4.78, 5) is 12.3. The van der Waals surface area contributed by atoms with Gasteiger partial charge in [0.2, 0.25) is 5.91 Å². The molecule has 2 rings (SSSR count). The number of nitrogens with one attached hydrogen (secondary N) is 1. The fourth-order valence-electron chi connectivity index (χ4n) is 2.82. The van der Waals surface area contributed by atoms with Crippen LogP contribution in [0.3, 0.4) is 0 Å². The van der Waals surface area contributed by atoms with Gasteiger partial charge in [-0.2, -0.15) is 31.4 Å². The predicted octanol–water partition coefficient (Wildman–Crippen LogP) is 6.06. The SMILES string of the molecule is CCCCC(CC)C(=O)Nc1ccc(-n2nc(C(F)(F)F)cc2C(F)(F)F)cc1. The average molecular weight is 421 g/mol. The maximum atomic E-state index is 13.1. The van der Waals surface area contributed by atoms with Gasteiger partial charge in [-0.25, -0.2) is 4.68 Å². The van der Waals surface area contributed by atoms with Crippen LogP contribution >= 0.6 is 0 Å². The number of carbonyl (C=O) groups excluding carboxylic acids is 1. The van der Waals surface area contributed by atoms with Gasteiger partial charge in [0.05, 0.1) is 5.69 Å². The van der Waals surface area contributed by atoms with Crippen molar-refractivity contribution in [3.63, 3.8) is 0 Å². The molecule has 4 nitrogen and oxygen atoms in total. The van der Waals surface area contributed by atoms with Gasteiger partial charge in [0, 0.05) is 17.7 Å². The Balaban J connectivity index is 2.26. The highest BCUT2D eigenvalue weighted by Crippen LogP contribution is 2.36. The maximum Gasteiger partial charge on any atom is 0.435 e. The van der Waals surface area contributed by atoms with E-state index < -0.39 is 23.7 Å². The van der Waals surface area contributed by atoms with Crippen molar-refractivity contribution in [3.8, 4) is 5.69 Å². The standard InChI is InChI=1S/C19H21F6N3O/c1-3-5-6-12(4-2)17(29)26-13-7-9-14(10-8-13)28-16(19(23,24)25)11-15(27-28)18(20,21)22/h7-12H,3-6H2,1-2H3,(H,26,29). The molecule has 1 amide bonds. The van der Waals surface area contributed by atoms with Crippen LogP contribution in [0.5, 0.6) is 0 Å². The van der Waals surface area contributed by atoms with Gasteiger partial charge in [-0.1, -0.05) is 26.7 Å². The van der Waals surface area contributed by atoms with E-state index in [1.165, 1.54) is 24.3 Å². The summed E-state index contributed by atoms with van der Waals surface area (Å²) >= 11 is 0. The quantitative estimate of drug-likeness (QED) is 0.552. The first-order chi connectivity index (χ1) is 13.5. The normalized spacial score (nSPS) is 13.4. The lowest BCUT2D eigenvalue weighted by molar-refractivity contribution is -0.143. The number of nitrogens with zero attached hydrogens (tertiary/aromatic N) is 2. The van der Waals surface area contributed by atoms with Crippen LogP contribution < -0.4 is 5.32 Å². The molecule has 0 aliphatic rings. The summed E-state index contributed by atoms with van der Waals surface area (Å²) < 4.78 is 78.0. The van der Waals surface area contributed by atoms with Crippen LogP contribution in [0, 0.1) is 5.92 Å². The molecule has 1 atom stereocenters. The summed E-state index contributed by atoms with van der Waals surface area (Å²) in [6.07, 6.45) is -6.81. The second-order valence-corrected chi connectivity index (χ2v) is 6.61. The summed E-state index contributed by atoms with van der Waals surface area (Å²) in [7, 11) is 0. The van der Waals surface area contributed by atoms with Crippen molar-refractivity contribution in [3.05, 3.63) is 41.7 Å². The number of benzene rings is 1. The number of hydrogen-bond acceptors (Lipinski definition) is 2. The van der Waals surface area contributed by atoms with Crippen molar-refractivity contribution in [2.45, 2.75) is 51.9 Å². The molecule has 0 aliphatic heterocycles. The summed E-state index contributed by atoms with van der Waals surface area (Å²) in [5.41, 5.74) is -3.04. The number of halogens is 6. The first kappa shape index (κ1) is 22.8. The van der Waals surface area contributed by atoms with Crippen LogP contribution in [0.4, 0.5) is 32.0 Å². The highest BCUT2D eigenvalue weighted by molar-refractivity contribution is 5.92. The largest absolute Gasteiger partial charge is 0.435 e. The monoisotopic (exact) mass is 421 g/mol. The van der Waals surface area contributed by atoms with Gasteiger partial charge >= 0.3 is 12.4 Å². The summed E-state index contributed by atoms with van der Waals surface area (Å²) in [5.74, 6) is -0.393. The molecule has 1 unspecified atom stereocenters. The zero-order chi connectivity index (χ0) is 21.8. The number of anilines is 1. The van der Waals surface area contributed by atoms with E-state index in [4.69, 9.17) is 0 Å². The molecule has 1 heterocycles. The zero-order valence-corrected chi connectivity index (χ0v) is 15.9. The van der Waals surface area contributed by atoms with Gasteiger partial charge in [-0.3, -0.25) is 4.79 Å². The Hall–Kier alpha value is -2.52. The van der Waals surface area contributed by atoms with E-state index in [1.54, 1.807) is 0 Å². The summed E-state index contributed by atoms with van der Waals surface area (Å²) in [5, 5.41) is 5.75. The molecule has 2 aromatic rings. The molecule has 0 radical (unpaired) electrons. The lowest BCUT2D eigenvalue weighted by Crippen LogP contribution is -2.22. The number of aromatic nitrogens is 2. The molecule has 0 fully saturated rings. The van der Waals surface area contributed by atoms with Crippen LogP contribution in [0.15, 0.2) is 30.3 Å². The number of amides is 1. The smallest absolute Gasteiger partial charge is 0.326 e. The number of rotatable bonds is 7. The van der Waals surface area contributed by atoms with E-state index in [-0.39, 0.29) is 28.3 Å². The van der Waals surface area contributed by atoms with Gasteiger partial charge in [-0.05, 0) is 37.1 Å². The molecule has 0 spiro atoms. The Morgan fingerprint density at radius 1 is 1.07 bits per heavy atom. The molecule has 1 aromatic carbocycles. The van der Waals surface area contributed by atoms with Gasteiger partial charge in [0.25, 0.3) is 0 Å². The Morgan fingerprint density at radius 2 is 1.69 bits per heavy atom. The van der Waals surface area contributed by atoms with Crippen LogP contribution in [0.1, 0.15) is 50.9 Å². The minimum absolute atomic E-state index is 0.0325. The van der Waals surface area contributed by atoms with Crippen LogP contribution in [-0.4, -0.2) is 15.7 Å². The van der Waals surface area contributed by atoms with E-state index in [0.717, 1.165) is 19.3 Å². The second kappa shape index (κ2) is 8.87. The van der Waals surface area contributed by atoms with E-state index in [1.807, 2.05) is 13.8 Å². The Bertz CT molecular complexity index is 824. The third-order valence-electron chi connectivity index (χ3n) is 4.44. The highest BCUT2D eigenvalue weighted by atomic mass is 19.4. The Labute approximate surface area is 163 Å². The van der Waals surface area contributed by atoms with Crippen LogP contribution in [-0.2, 0) is 17.1 Å². The van der Waals surface area contributed by atoms with Gasteiger partial charge in [-0.15, -0.1) is 0 Å². The maximum absolute atomic E-state index is 13.1. The third kappa shape index (κ3) is 5.74. The average Bonchev–Trinajstić information content (AvgIpc) is 3.09. The van der Waals surface area contributed by atoms with Gasteiger partial charge in [0.1, 0.15) is 5.69 Å². The molecule has 0 saturated carbocycles. The lowest BCUT2D eigenvalue weighted by atomic mass is 9.98. The summed E-state index contributed by atoms with van der Waals surface area (Å²) in [6, 6.07) is 4.97. The number of hydrogen-bond donors (Lipinski definition) is 1. The highest BCUT2D eigenvalue weighted by Gasteiger charge is 2.42. The fourth-order valence-corrected chi connectivity index (χ4v) is 2.82. The van der Waals surface area contributed by atoms with Crippen molar-refractivity contribution in [1.82, 2.24) is 9.78 Å². The minimum Gasteiger partial charge on any atom is -0.326 e.